The molecule has 4 heterocycles. The minimum atomic E-state index is -0.173. The number of imidazole rings is 2. The maximum atomic E-state index is 14.1. The van der Waals surface area contributed by atoms with Crippen LogP contribution in [0.4, 0.5) is 0 Å². The number of hydrogen-bond donors (Lipinski definition) is 0. The molecule has 0 atom stereocenters. The Morgan fingerprint density at radius 1 is 0.413 bits per heavy atom. The van der Waals surface area contributed by atoms with Crippen LogP contribution in [0.25, 0.3) is 98.0 Å². The van der Waals surface area contributed by atoms with Gasteiger partial charge in [0.1, 0.15) is 11.3 Å². The van der Waals surface area contributed by atoms with Gasteiger partial charge >= 0.3 is 0 Å². The Labute approximate surface area is 275 Å². The molecule has 216 valence electrons. The quantitative estimate of drug-likeness (QED) is 0.119. The van der Waals surface area contributed by atoms with Crippen molar-refractivity contribution >= 4 is 144 Å². The van der Waals surface area contributed by atoms with Gasteiger partial charge in [-0.15, -0.1) is 0 Å². The van der Waals surface area contributed by atoms with Gasteiger partial charge < -0.3 is 0 Å². The molecule has 0 amide bonds. The van der Waals surface area contributed by atoms with E-state index < -0.39 is 0 Å². The Morgan fingerprint density at radius 2 is 0.717 bits per heavy atom. The highest BCUT2D eigenvalue weighted by Gasteiger charge is 2.24. The van der Waals surface area contributed by atoms with Crippen molar-refractivity contribution in [3.8, 4) is 0 Å². The van der Waals surface area contributed by atoms with E-state index in [1.807, 2.05) is 36.4 Å². The third-order valence-electron chi connectivity index (χ3n) is 9.64. The van der Waals surface area contributed by atoms with Crippen LogP contribution in [0, 0.1) is 0 Å². The van der Waals surface area contributed by atoms with E-state index in [9.17, 15) is 9.59 Å². The molecule has 0 saturated heterocycles. The maximum absolute atomic E-state index is 14.1. The highest BCUT2D eigenvalue weighted by Crippen LogP contribution is 2.46. The number of hydrogen-bond acceptors (Lipinski definition) is 4. The Kier molecular flexibility index (Phi) is 4.52. The molecule has 0 saturated carbocycles. The number of rotatable bonds is 0. The first-order chi connectivity index (χ1) is 22.3. The molecule has 0 spiro atoms. The normalized spacial score (nSPS) is 13.0. The van der Waals surface area contributed by atoms with Crippen molar-refractivity contribution in [3.63, 3.8) is 0 Å². The molecule has 0 aliphatic rings. The summed E-state index contributed by atoms with van der Waals surface area (Å²) < 4.78 is 3.24. The largest absolute Gasteiger partial charge is 0.268 e. The highest BCUT2D eigenvalue weighted by atomic mass is 35.5. The first-order valence-electron chi connectivity index (χ1n) is 14.4. The van der Waals surface area contributed by atoms with Crippen LogP contribution in [0.1, 0.15) is 0 Å². The lowest BCUT2D eigenvalue weighted by Gasteiger charge is -2.18. The van der Waals surface area contributed by atoms with Crippen LogP contribution >= 0.6 is 46.4 Å². The molecular weight excluding hydrogens is 662 g/mol. The van der Waals surface area contributed by atoms with Crippen molar-refractivity contribution in [2.24, 2.45) is 0 Å². The summed E-state index contributed by atoms with van der Waals surface area (Å²) in [4.78, 5) is 37.9. The van der Waals surface area contributed by atoms with E-state index in [0.29, 0.717) is 64.2 Å². The SMILES string of the molecule is O=c1c2ccc3c4ccc5c(=O)n6c7cc(Cl)c(Cl)cc7nc6c6ccc(c7ccc(c2c37)c2nc3cc(Cl)c(Cl)cc3n12)c4c56. The van der Waals surface area contributed by atoms with E-state index in [0.717, 1.165) is 53.9 Å². The molecule has 4 aromatic heterocycles. The van der Waals surface area contributed by atoms with Gasteiger partial charge in [-0.3, -0.25) is 18.4 Å². The second kappa shape index (κ2) is 8.16. The van der Waals surface area contributed by atoms with Crippen LogP contribution in [0.3, 0.4) is 0 Å². The van der Waals surface area contributed by atoms with Gasteiger partial charge in [0.05, 0.1) is 42.2 Å². The second-order valence-electron chi connectivity index (χ2n) is 11.8. The molecule has 6 nitrogen and oxygen atoms in total. The number of aromatic nitrogens is 4. The van der Waals surface area contributed by atoms with E-state index in [1.165, 1.54) is 0 Å². The van der Waals surface area contributed by atoms with Crippen molar-refractivity contribution in [3.05, 3.63) is 114 Å². The summed E-state index contributed by atoms with van der Waals surface area (Å²) in [6.07, 6.45) is 0. The zero-order chi connectivity index (χ0) is 30.9. The molecule has 0 N–H and O–H groups in total. The van der Waals surface area contributed by atoms with Crippen LogP contribution in [0.5, 0.6) is 0 Å². The fraction of sp³-hybridized carbons (Fsp3) is 0. The number of pyridine rings is 2. The maximum Gasteiger partial charge on any atom is 0.264 e. The summed E-state index contributed by atoms with van der Waals surface area (Å²) in [5.41, 5.74) is 3.17. The van der Waals surface area contributed by atoms with Crippen LogP contribution in [-0.2, 0) is 0 Å². The van der Waals surface area contributed by atoms with Crippen LogP contribution in [0.15, 0.2) is 82.4 Å². The van der Waals surface area contributed by atoms with Gasteiger partial charge in [-0.1, -0.05) is 70.7 Å². The molecule has 0 unspecified atom stereocenters. The van der Waals surface area contributed by atoms with Crippen LogP contribution in [0.2, 0.25) is 20.1 Å². The molecule has 11 aromatic rings. The number of nitrogens with zero attached hydrogens (tertiary/aromatic N) is 4. The van der Waals surface area contributed by atoms with Crippen molar-refractivity contribution in [1.29, 1.82) is 0 Å². The first-order valence-corrected chi connectivity index (χ1v) is 15.9. The summed E-state index contributed by atoms with van der Waals surface area (Å²) in [5.74, 6) is 0. The number of benzene rings is 7. The zero-order valence-electron chi connectivity index (χ0n) is 23.0. The number of fused-ring (bicyclic) bond motifs is 10. The van der Waals surface area contributed by atoms with Gasteiger partial charge in [-0.25, -0.2) is 9.97 Å². The average Bonchev–Trinajstić information content (AvgIpc) is 3.60. The Bertz CT molecular complexity index is 3110. The van der Waals surface area contributed by atoms with Gasteiger partial charge in [0.25, 0.3) is 11.1 Å². The van der Waals surface area contributed by atoms with Crippen molar-refractivity contribution in [2.45, 2.75) is 0 Å². The lowest BCUT2D eigenvalue weighted by molar-refractivity contribution is 1.19. The summed E-state index contributed by atoms with van der Waals surface area (Å²) in [6, 6.07) is 22.8. The van der Waals surface area contributed by atoms with E-state index in [-0.39, 0.29) is 11.1 Å². The molecule has 0 bridgehead atoms. The molecule has 0 radical (unpaired) electrons. The summed E-state index contributed by atoms with van der Waals surface area (Å²) >= 11 is 25.3. The topological polar surface area (TPSA) is 68.7 Å². The Balaban J connectivity index is 1.35. The fourth-order valence-electron chi connectivity index (χ4n) is 7.78. The molecule has 10 heteroatoms. The van der Waals surface area contributed by atoms with E-state index in [4.69, 9.17) is 56.4 Å². The van der Waals surface area contributed by atoms with Gasteiger partial charge in [0, 0.05) is 32.3 Å². The van der Waals surface area contributed by atoms with Gasteiger partial charge in [-0.05, 0) is 80.8 Å². The molecule has 0 aliphatic heterocycles. The Morgan fingerprint density at radius 3 is 1.11 bits per heavy atom. The van der Waals surface area contributed by atoms with Gasteiger partial charge in [-0.2, -0.15) is 0 Å². The second-order valence-corrected chi connectivity index (χ2v) is 13.4. The summed E-state index contributed by atoms with van der Waals surface area (Å²) in [7, 11) is 0. The predicted octanol–water partition coefficient (Wildman–Crippen LogP) is 9.85. The van der Waals surface area contributed by atoms with Crippen molar-refractivity contribution in [1.82, 2.24) is 18.8 Å². The van der Waals surface area contributed by atoms with E-state index in [2.05, 4.69) is 12.1 Å². The minimum Gasteiger partial charge on any atom is -0.268 e. The standard InChI is InChI=1S/C36H12Cl4N4O2/c37-21-9-25-27(11-23(21)39)43-33(41-25)17-5-1-13-14-2-6-18-32-20(36(46)44-28-12-24(40)22(38)10-26(28)42-34(18)44)8-4-16(30(14)32)15-3-7-19(35(43)45)31(17)29(13)15/h1-12H. The first kappa shape index (κ1) is 25.5. The van der Waals surface area contributed by atoms with Crippen LogP contribution in [-0.4, -0.2) is 18.8 Å². The van der Waals surface area contributed by atoms with E-state index >= 15 is 0 Å². The smallest absolute Gasteiger partial charge is 0.264 e. The molecular formula is C36H12Cl4N4O2. The van der Waals surface area contributed by atoms with Gasteiger partial charge in [0.15, 0.2) is 0 Å². The molecule has 0 aliphatic carbocycles. The third kappa shape index (κ3) is 2.80. The van der Waals surface area contributed by atoms with Crippen molar-refractivity contribution < 1.29 is 0 Å². The lowest BCUT2D eigenvalue weighted by Crippen LogP contribution is -2.14. The fourth-order valence-corrected chi connectivity index (χ4v) is 8.41. The molecule has 46 heavy (non-hydrogen) atoms. The summed E-state index contributed by atoms with van der Waals surface area (Å²) in [6.45, 7) is 0. The molecule has 11 rings (SSSR count). The highest BCUT2D eigenvalue weighted by molar-refractivity contribution is 6.44. The lowest BCUT2D eigenvalue weighted by atomic mass is 9.86. The van der Waals surface area contributed by atoms with Gasteiger partial charge in [0.2, 0.25) is 0 Å². The molecule has 7 aromatic carbocycles. The predicted molar refractivity (Wildman–Crippen MR) is 190 cm³/mol. The zero-order valence-corrected chi connectivity index (χ0v) is 26.1. The van der Waals surface area contributed by atoms with E-state index in [1.54, 1.807) is 33.1 Å². The molecule has 0 fully saturated rings. The average molecular weight is 674 g/mol. The van der Waals surface area contributed by atoms with Crippen LogP contribution < -0.4 is 11.1 Å². The monoisotopic (exact) mass is 672 g/mol. The minimum absolute atomic E-state index is 0.173. The Hall–Kier alpha value is -4.72. The third-order valence-corrected chi connectivity index (χ3v) is 11.1. The number of halogens is 4. The summed E-state index contributed by atoms with van der Waals surface area (Å²) in [5, 5.41) is 12.0. The van der Waals surface area contributed by atoms with Crippen molar-refractivity contribution in [2.75, 3.05) is 0 Å².